The second-order valence-electron chi connectivity index (χ2n) is 5.47. The summed E-state index contributed by atoms with van der Waals surface area (Å²) in [4.78, 5) is 23.4. The summed E-state index contributed by atoms with van der Waals surface area (Å²) in [6.07, 6.45) is -0.606. The van der Waals surface area contributed by atoms with Gasteiger partial charge in [0.15, 0.2) is 5.78 Å². The van der Waals surface area contributed by atoms with Gasteiger partial charge in [-0.1, -0.05) is 11.6 Å². The van der Waals surface area contributed by atoms with E-state index in [0.29, 0.717) is 11.3 Å². The fraction of sp³-hybridized carbons (Fsp3) is 0.429. The van der Waals surface area contributed by atoms with E-state index >= 15 is 0 Å². The maximum atomic E-state index is 11.7. The van der Waals surface area contributed by atoms with Gasteiger partial charge in [-0.15, -0.1) is 0 Å². The van der Waals surface area contributed by atoms with Crippen molar-refractivity contribution in [3.63, 3.8) is 0 Å². The number of ether oxygens (including phenoxy) is 1. The summed E-state index contributed by atoms with van der Waals surface area (Å²) in [5.74, 6) is -0.212. The van der Waals surface area contributed by atoms with Gasteiger partial charge in [0, 0.05) is 5.56 Å². The van der Waals surface area contributed by atoms with Crippen molar-refractivity contribution in [2.24, 2.45) is 5.73 Å². The topological polar surface area (TPSA) is 81.4 Å². The molecule has 110 valence electrons. The van der Waals surface area contributed by atoms with E-state index in [-0.39, 0.29) is 10.8 Å². The average molecular weight is 299 g/mol. The molecule has 0 saturated carbocycles. The number of nitrogens with one attached hydrogen (secondary N) is 1. The number of halogens is 1. The monoisotopic (exact) mass is 298 g/mol. The molecule has 5 nitrogen and oxygen atoms in total. The van der Waals surface area contributed by atoms with E-state index in [4.69, 9.17) is 22.1 Å². The van der Waals surface area contributed by atoms with Crippen LogP contribution in [-0.4, -0.2) is 23.5 Å². The Bertz CT molecular complexity index is 522. The molecule has 1 aromatic carbocycles. The van der Waals surface area contributed by atoms with Crippen LogP contribution < -0.4 is 11.1 Å². The molecule has 0 aromatic heterocycles. The lowest BCUT2D eigenvalue weighted by Gasteiger charge is -2.20. The van der Waals surface area contributed by atoms with Crippen molar-refractivity contribution >= 4 is 29.2 Å². The standard InChI is InChI=1S/C14H19ClN2O3/c1-8(16)12(18)9-5-6-11(10(15)7-9)17-13(19)20-14(2,3)4/h5-8H,16H2,1-4H3,(H,17,19). The van der Waals surface area contributed by atoms with Crippen LogP contribution in [0.3, 0.4) is 0 Å². The molecule has 0 spiro atoms. The number of rotatable bonds is 3. The van der Waals surface area contributed by atoms with Crippen molar-refractivity contribution in [2.75, 3.05) is 5.32 Å². The largest absolute Gasteiger partial charge is 0.444 e. The number of hydrogen-bond donors (Lipinski definition) is 2. The van der Waals surface area contributed by atoms with Crippen molar-refractivity contribution in [1.82, 2.24) is 0 Å². The molecule has 20 heavy (non-hydrogen) atoms. The molecule has 0 saturated heterocycles. The van der Waals surface area contributed by atoms with Gasteiger partial charge in [0.05, 0.1) is 16.8 Å². The van der Waals surface area contributed by atoms with Crippen molar-refractivity contribution in [2.45, 2.75) is 39.3 Å². The summed E-state index contributed by atoms with van der Waals surface area (Å²) >= 11 is 6.03. The second-order valence-corrected chi connectivity index (χ2v) is 5.88. The summed E-state index contributed by atoms with van der Waals surface area (Å²) in [6, 6.07) is 3.97. The van der Waals surface area contributed by atoms with Gasteiger partial charge in [0.2, 0.25) is 0 Å². The summed E-state index contributed by atoms with van der Waals surface area (Å²) < 4.78 is 5.12. The zero-order valence-corrected chi connectivity index (χ0v) is 12.7. The lowest BCUT2D eigenvalue weighted by Crippen LogP contribution is -2.28. The van der Waals surface area contributed by atoms with Crippen molar-refractivity contribution in [1.29, 1.82) is 0 Å². The van der Waals surface area contributed by atoms with E-state index in [9.17, 15) is 9.59 Å². The molecule has 0 aliphatic rings. The highest BCUT2D eigenvalue weighted by atomic mass is 35.5. The number of benzene rings is 1. The third kappa shape index (κ3) is 4.83. The van der Waals surface area contributed by atoms with Crippen molar-refractivity contribution in [3.05, 3.63) is 28.8 Å². The molecule has 3 N–H and O–H groups in total. The number of anilines is 1. The molecular formula is C14H19ClN2O3. The molecule has 0 aliphatic carbocycles. The van der Waals surface area contributed by atoms with Crippen molar-refractivity contribution in [3.8, 4) is 0 Å². The zero-order valence-electron chi connectivity index (χ0n) is 12.0. The quantitative estimate of drug-likeness (QED) is 0.840. The van der Waals surface area contributed by atoms with Gasteiger partial charge in [0.25, 0.3) is 0 Å². The Morgan fingerprint density at radius 3 is 2.40 bits per heavy atom. The Morgan fingerprint density at radius 2 is 1.95 bits per heavy atom. The Morgan fingerprint density at radius 1 is 1.35 bits per heavy atom. The summed E-state index contributed by atoms with van der Waals surface area (Å²) in [5, 5.41) is 2.78. The third-order valence-corrected chi connectivity index (χ3v) is 2.62. The van der Waals surface area contributed by atoms with Gasteiger partial charge in [-0.05, 0) is 45.9 Å². The molecule has 0 radical (unpaired) electrons. The first kappa shape index (κ1) is 16.5. The van der Waals surface area contributed by atoms with Gasteiger partial charge in [-0.2, -0.15) is 0 Å². The average Bonchev–Trinajstić information content (AvgIpc) is 2.28. The smallest absolute Gasteiger partial charge is 0.412 e. The number of nitrogens with two attached hydrogens (primary N) is 1. The molecule has 6 heteroatoms. The normalized spacial score (nSPS) is 12.7. The van der Waals surface area contributed by atoms with Crippen LogP contribution in [0.25, 0.3) is 0 Å². The fourth-order valence-corrected chi connectivity index (χ4v) is 1.67. The molecule has 1 aromatic rings. The number of Topliss-reactive ketones (excluding diaryl/α,β-unsaturated/α-hetero) is 1. The van der Waals surface area contributed by atoms with Gasteiger partial charge >= 0.3 is 6.09 Å². The minimum Gasteiger partial charge on any atom is -0.444 e. The number of carbonyl (C=O) groups excluding carboxylic acids is 2. The molecule has 1 unspecified atom stereocenters. The summed E-state index contributed by atoms with van der Waals surface area (Å²) in [5.41, 5.74) is 5.71. The van der Waals surface area contributed by atoms with E-state index in [0.717, 1.165) is 0 Å². The molecule has 1 rings (SSSR count). The Hall–Kier alpha value is -1.59. The van der Waals surface area contributed by atoms with Gasteiger partial charge in [0.1, 0.15) is 5.60 Å². The highest BCUT2D eigenvalue weighted by molar-refractivity contribution is 6.34. The van der Waals surface area contributed by atoms with Crippen LogP contribution in [-0.2, 0) is 4.74 Å². The van der Waals surface area contributed by atoms with Crippen LogP contribution in [0.15, 0.2) is 18.2 Å². The predicted molar refractivity (Wildman–Crippen MR) is 79.3 cm³/mol. The lowest BCUT2D eigenvalue weighted by atomic mass is 10.1. The number of carbonyl (C=O) groups is 2. The van der Waals surface area contributed by atoms with Crippen LogP contribution >= 0.6 is 11.6 Å². The van der Waals surface area contributed by atoms with Gasteiger partial charge in [-0.3, -0.25) is 10.1 Å². The Labute approximate surface area is 123 Å². The first-order valence-corrected chi connectivity index (χ1v) is 6.57. The van der Waals surface area contributed by atoms with Gasteiger partial charge in [-0.25, -0.2) is 4.79 Å². The number of ketones is 1. The highest BCUT2D eigenvalue weighted by Gasteiger charge is 2.18. The number of amides is 1. The first-order chi connectivity index (χ1) is 9.10. The van der Waals surface area contributed by atoms with Gasteiger partial charge < -0.3 is 10.5 Å². The third-order valence-electron chi connectivity index (χ3n) is 2.30. The lowest BCUT2D eigenvalue weighted by molar-refractivity contribution is 0.0636. The summed E-state index contributed by atoms with van der Waals surface area (Å²) in [7, 11) is 0. The molecule has 0 aliphatic heterocycles. The molecule has 1 atom stereocenters. The van der Waals surface area contributed by atoms with E-state index in [1.807, 2.05) is 0 Å². The first-order valence-electron chi connectivity index (χ1n) is 6.19. The minimum atomic E-state index is -0.606. The van der Waals surface area contributed by atoms with Crippen molar-refractivity contribution < 1.29 is 14.3 Å². The van der Waals surface area contributed by atoms with E-state index in [1.54, 1.807) is 39.8 Å². The van der Waals surface area contributed by atoms with E-state index < -0.39 is 17.7 Å². The fourth-order valence-electron chi connectivity index (χ4n) is 1.45. The second kappa shape index (κ2) is 6.24. The van der Waals surface area contributed by atoms with E-state index in [2.05, 4.69) is 5.32 Å². The SMILES string of the molecule is CC(N)C(=O)c1ccc(NC(=O)OC(C)(C)C)c(Cl)c1. The van der Waals surface area contributed by atoms with Crippen LogP contribution in [0, 0.1) is 0 Å². The Kier molecular flexibility index (Phi) is 5.14. The summed E-state index contributed by atoms with van der Waals surface area (Å²) in [6.45, 7) is 6.89. The Balaban J connectivity index is 2.84. The predicted octanol–water partition coefficient (Wildman–Crippen LogP) is 3.22. The van der Waals surface area contributed by atoms with E-state index in [1.165, 1.54) is 6.07 Å². The van der Waals surface area contributed by atoms with Crippen LogP contribution in [0.1, 0.15) is 38.1 Å². The minimum absolute atomic E-state index is 0.212. The molecular weight excluding hydrogens is 280 g/mol. The van der Waals surface area contributed by atoms with Crippen LogP contribution in [0.2, 0.25) is 5.02 Å². The highest BCUT2D eigenvalue weighted by Crippen LogP contribution is 2.24. The maximum absolute atomic E-state index is 11.7. The molecule has 0 heterocycles. The molecule has 0 bridgehead atoms. The number of hydrogen-bond acceptors (Lipinski definition) is 4. The van der Waals surface area contributed by atoms with Crippen LogP contribution in [0.5, 0.6) is 0 Å². The maximum Gasteiger partial charge on any atom is 0.412 e. The molecule has 1 amide bonds. The zero-order chi connectivity index (χ0) is 15.5. The van der Waals surface area contributed by atoms with Crippen LogP contribution in [0.4, 0.5) is 10.5 Å². The molecule has 0 fully saturated rings.